The first-order chi connectivity index (χ1) is 11.7. The van der Waals surface area contributed by atoms with Gasteiger partial charge in [0.1, 0.15) is 12.4 Å². The molecule has 0 bridgehead atoms. The van der Waals surface area contributed by atoms with Crippen LogP contribution >= 0.6 is 0 Å². The highest BCUT2D eigenvalue weighted by molar-refractivity contribution is 6.74. The second kappa shape index (κ2) is 6.93. The second-order valence-corrected chi connectivity index (χ2v) is 13.9. The van der Waals surface area contributed by atoms with Crippen LogP contribution in [0.1, 0.15) is 39.2 Å². The van der Waals surface area contributed by atoms with Gasteiger partial charge in [-0.25, -0.2) is 0 Å². The van der Waals surface area contributed by atoms with E-state index in [9.17, 15) is 0 Å². The Kier molecular flexibility index (Phi) is 5.20. The Morgan fingerprint density at radius 1 is 1.20 bits per heavy atom. The Labute approximate surface area is 153 Å². The van der Waals surface area contributed by atoms with E-state index in [4.69, 9.17) is 14.9 Å². The molecule has 1 unspecified atom stereocenters. The molecule has 3 rings (SSSR count). The van der Waals surface area contributed by atoms with E-state index >= 15 is 0 Å². The molecule has 4 nitrogen and oxygen atoms in total. The average molecular weight is 363 g/mol. The van der Waals surface area contributed by atoms with Crippen molar-refractivity contribution in [1.29, 1.82) is 0 Å². The maximum absolute atomic E-state index is 6.60. The van der Waals surface area contributed by atoms with E-state index in [2.05, 4.69) is 57.0 Å². The molecule has 1 atom stereocenters. The van der Waals surface area contributed by atoms with Gasteiger partial charge in [0.2, 0.25) is 0 Å². The van der Waals surface area contributed by atoms with Gasteiger partial charge in [-0.05, 0) is 49.0 Å². The fourth-order valence-electron chi connectivity index (χ4n) is 3.41. The summed E-state index contributed by atoms with van der Waals surface area (Å²) < 4.78 is 12.4. The fourth-order valence-corrected chi connectivity index (χ4v) is 4.83. The number of ether oxygens (including phenoxy) is 1. The second-order valence-electron chi connectivity index (χ2n) is 9.13. The Morgan fingerprint density at radius 2 is 1.88 bits per heavy atom. The molecular weight excluding hydrogens is 328 g/mol. The Bertz CT molecular complexity index is 604. The van der Waals surface area contributed by atoms with Crippen LogP contribution in [0.15, 0.2) is 18.2 Å². The molecule has 1 fully saturated rings. The summed E-state index contributed by atoms with van der Waals surface area (Å²) in [7, 11) is -1.67. The molecule has 2 aliphatic rings. The summed E-state index contributed by atoms with van der Waals surface area (Å²) in [6.07, 6.45) is 3.53. The topological polar surface area (TPSA) is 47.7 Å². The number of piperidine rings is 1. The third-order valence-electron chi connectivity index (χ3n) is 6.06. The number of hydrogen-bond acceptors (Lipinski definition) is 4. The van der Waals surface area contributed by atoms with Crippen LogP contribution in [0.3, 0.4) is 0 Å². The van der Waals surface area contributed by atoms with Crippen LogP contribution in [0.5, 0.6) is 5.75 Å². The minimum Gasteiger partial charge on any atom is -0.492 e. The van der Waals surface area contributed by atoms with Crippen molar-refractivity contribution < 1.29 is 9.16 Å². The van der Waals surface area contributed by atoms with Crippen molar-refractivity contribution in [3.8, 4) is 5.75 Å². The van der Waals surface area contributed by atoms with Crippen molar-refractivity contribution in [2.75, 3.05) is 24.6 Å². The fraction of sp³-hybridized carbons (Fsp3) is 0.700. The van der Waals surface area contributed by atoms with Gasteiger partial charge >= 0.3 is 0 Å². The molecule has 5 heteroatoms. The Balaban J connectivity index is 1.60. The largest absolute Gasteiger partial charge is 0.492 e. The minimum absolute atomic E-state index is 0.126. The summed E-state index contributed by atoms with van der Waals surface area (Å²) >= 11 is 0. The number of fused-ring (bicyclic) bond motifs is 1. The van der Waals surface area contributed by atoms with Crippen LogP contribution in [-0.2, 0) is 10.8 Å². The van der Waals surface area contributed by atoms with Gasteiger partial charge in [0.05, 0.1) is 0 Å². The summed E-state index contributed by atoms with van der Waals surface area (Å²) in [5.74, 6) is 1.01. The monoisotopic (exact) mass is 362 g/mol. The third kappa shape index (κ3) is 4.21. The number of rotatable bonds is 3. The molecule has 0 aliphatic carbocycles. The molecule has 0 spiro atoms. The number of hydrogen-bond donors (Lipinski definition) is 1. The predicted molar refractivity (Wildman–Crippen MR) is 107 cm³/mol. The van der Waals surface area contributed by atoms with Gasteiger partial charge < -0.3 is 19.8 Å². The van der Waals surface area contributed by atoms with Crippen molar-refractivity contribution in [1.82, 2.24) is 0 Å². The van der Waals surface area contributed by atoms with Crippen LogP contribution in [-0.4, -0.2) is 40.2 Å². The molecule has 2 aliphatic heterocycles. The number of anilines is 1. The highest BCUT2D eigenvalue weighted by atomic mass is 28.4. The van der Waals surface area contributed by atoms with E-state index in [1.807, 2.05) is 0 Å². The number of nitrogens with two attached hydrogens (primary N) is 1. The van der Waals surface area contributed by atoms with E-state index in [1.54, 1.807) is 0 Å². The molecule has 1 aromatic carbocycles. The van der Waals surface area contributed by atoms with Gasteiger partial charge in [-0.2, -0.15) is 0 Å². The molecule has 0 radical (unpaired) electrons. The zero-order chi connectivity index (χ0) is 18.2. The van der Waals surface area contributed by atoms with Crippen LogP contribution in [0.4, 0.5) is 5.69 Å². The standard InChI is InChI=1S/C20H34N2O2Si/c1-20(2,3)25(4,5)24-18-8-10-22(11-9-18)17-7-6-15-12-16(21)14-23-19(15)13-17/h6-7,13,16,18H,8-12,14,21H2,1-5H3. The van der Waals surface area contributed by atoms with Gasteiger partial charge in [0.15, 0.2) is 8.32 Å². The first-order valence-corrected chi connectivity index (χ1v) is 12.5. The Morgan fingerprint density at radius 3 is 2.52 bits per heavy atom. The number of benzene rings is 1. The normalized spacial score (nSPS) is 22.5. The molecule has 140 valence electrons. The predicted octanol–water partition coefficient (Wildman–Crippen LogP) is 3.94. The maximum Gasteiger partial charge on any atom is 0.192 e. The van der Waals surface area contributed by atoms with E-state index in [0.717, 1.165) is 38.1 Å². The highest BCUT2D eigenvalue weighted by Crippen LogP contribution is 2.39. The Hall–Kier alpha value is -1.04. The molecule has 0 amide bonds. The van der Waals surface area contributed by atoms with Crippen LogP contribution in [0.25, 0.3) is 0 Å². The van der Waals surface area contributed by atoms with Crippen LogP contribution in [0.2, 0.25) is 18.1 Å². The molecule has 1 aromatic rings. The van der Waals surface area contributed by atoms with Crippen molar-refractivity contribution in [2.45, 2.75) is 70.3 Å². The minimum atomic E-state index is -1.67. The van der Waals surface area contributed by atoms with Crippen molar-refractivity contribution in [3.05, 3.63) is 23.8 Å². The first kappa shape index (κ1) is 18.7. The lowest BCUT2D eigenvalue weighted by molar-refractivity contribution is 0.152. The highest BCUT2D eigenvalue weighted by Gasteiger charge is 2.39. The molecule has 0 aromatic heterocycles. The summed E-state index contributed by atoms with van der Waals surface area (Å²) in [6.45, 7) is 14.4. The van der Waals surface area contributed by atoms with E-state index < -0.39 is 8.32 Å². The van der Waals surface area contributed by atoms with Gasteiger partial charge in [0.25, 0.3) is 0 Å². The SMILES string of the molecule is CC(C)(C)[Si](C)(C)OC1CCN(c2ccc3c(c2)OCC(N)C3)CC1. The molecule has 2 N–H and O–H groups in total. The van der Waals surface area contributed by atoms with Crippen molar-refractivity contribution in [2.24, 2.45) is 5.73 Å². The zero-order valence-electron chi connectivity index (χ0n) is 16.5. The lowest BCUT2D eigenvalue weighted by Crippen LogP contribution is -2.47. The lowest BCUT2D eigenvalue weighted by Gasteiger charge is -2.42. The smallest absolute Gasteiger partial charge is 0.192 e. The van der Waals surface area contributed by atoms with Crippen LogP contribution in [0, 0.1) is 0 Å². The van der Waals surface area contributed by atoms with E-state index in [0.29, 0.717) is 12.7 Å². The molecule has 1 saturated heterocycles. The maximum atomic E-state index is 6.60. The molecule has 0 saturated carbocycles. The van der Waals surface area contributed by atoms with Gasteiger partial charge in [-0.3, -0.25) is 0 Å². The molecule has 25 heavy (non-hydrogen) atoms. The first-order valence-electron chi connectivity index (χ1n) is 9.60. The molecular formula is C20H34N2O2Si. The lowest BCUT2D eigenvalue weighted by atomic mass is 10.0. The summed E-state index contributed by atoms with van der Waals surface area (Å²) in [5, 5.41) is 0.279. The van der Waals surface area contributed by atoms with Gasteiger partial charge in [0, 0.05) is 37.0 Å². The van der Waals surface area contributed by atoms with Gasteiger partial charge in [-0.1, -0.05) is 26.8 Å². The summed E-state index contributed by atoms with van der Waals surface area (Å²) in [6, 6.07) is 6.72. The number of nitrogens with zero attached hydrogens (tertiary/aromatic N) is 1. The van der Waals surface area contributed by atoms with Gasteiger partial charge in [-0.15, -0.1) is 0 Å². The summed E-state index contributed by atoms with van der Waals surface area (Å²) in [5.41, 5.74) is 8.48. The molecule has 2 heterocycles. The van der Waals surface area contributed by atoms with E-state index in [1.165, 1.54) is 11.3 Å². The van der Waals surface area contributed by atoms with Crippen LogP contribution < -0.4 is 15.4 Å². The van der Waals surface area contributed by atoms with E-state index in [-0.39, 0.29) is 11.1 Å². The third-order valence-corrected chi connectivity index (χ3v) is 10.6. The average Bonchev–Trinajstić information content (AvgIpc) is 2.53. The van der Waals surface area contributed by atoms with Crippen molar-refractivity contribution >= 4 is 14.0 Å². The quantitative estimate of drug-likeness (QED) is 0.828. The van der Waals surface area contributed by atoms with Crippen molar-refractivity contribution in [3.63, 3.8) is 0 Å². The zero-order valence-corrected chi connectivity index (χ0v) is 17.5. The summed E-state index contributed by atoms with van der Waals surface area (Å²) in [4.78, 5) is 2.46.